The minimum absolute atomic E-state index is 0.236. The lowest BCUT2D eigenvalue weighted by Crippen LogP contribution is -2.41. The van der Waals surface area contributed by atoms with Gasteiger partial charge in [0, 0.05) is 18.6 Å². The summed E-state index contributed by atoms with van der Waals surface area (Å²) in [5, 5.41) is 3.30. The third-order valence-electron chi connectivity index (χ3n) is 3.76. The Morgan fingerprint density at radius 1 is 1.10 bits per heavy atom. The molecule has 0 saturated carbocycles. The standard InChI is InChI=1S/C14H31N3O2S/c1-13(2)15-8-4-7-11-20(18,19)16-12-14(3)17-9-5-6-10-17/h13-16H,4-12H2,1-3H3. The number of sulfonamides is 1. The first-order chi connectivity index (χ1) is 9.41. The molecule has 120 valence electrons. The average Bonchev–Trinajstić information content (AvgIpc) is 2.89. The van der Waals surface area contributed by atoms with Crippen LogP contribution < -0.4 is 10.0 Å². The first kappa shape index (κ1) is 17.9. The van der Waals surface area contributed by atoms with Crippen LogP contribution in [0.15, 0.2) is 0 Å². The van der Waals surface area contributed by atoms with Crippen LogP contribution in [0.3, 0.4) is 0 Å². The largest absolute Gasteiger partial charge is 0.315 e. The maximum atomic E-state index is 11.9. The normalized spacial score (nSPS) is 18.8. The van der Waals surface area contributed by atoms with E-state index >= 15 is 0 Å². The summed E-state index contributed by atoms with van der Waals surface area (Å²) in [7, 11) is -3.11. The van der Waals surface area contributed by atoms with Gasteiger partial charge in [0.15, 0.2) is 0 Å². The van der Waals surface area contributed by atoms with Crippen LogP contribution >= 0.6 is 0 Å². The van der Waals surface area contributed by atoms with E-state index in [-0.39, 0.29) is 5.75 Å². The van der Waals surface area contributed by atoms with Crippen molar-refractivity contribution in [2.45, 2.75) is 58.5 Å². The van der Waals surface area contributed by atoms with Gasteiger partial charge in [-0.2, -0.15) is 0 Å². The van der Waals surface area contributed by atoms with Crippen molar-refractivity contribution in [3.8, 4) is 0 Å². The summed E-state index contributed by atoms with van der Waals surface area (Å²) < 4.78 is 26.5. The molecular formula is C14H31N3O2S. The molecule has 0 amide bonds. The molecule has 1 aliphatic rings. The van der Waals surface area contributed by atoms with Crippen LogP contribution in [0.25, 0.3) is 0 Å². The highest BCUT2D eigenvalue weighted by atomic mass is 32.2. The van der Waals surface area contributed by atoms with E-state index in [2.05, 4.69) is 35.7 Å². The molecule has 1 atom stereocenters. The highest BCUT2D eigenvalue weighted by Crippen LogP contribution is 2.11. The Balaban J connectivity index is 2.14. The zero-order chi connectivity index (χ0) is 15.0. The van der Waals surface area contributed by atoms with Gasteiger partial charge in [0.2, 0.25) is 10.0 Å². The molecule has 0 aromatic heterocycles. The third-order valence-corrected chi connectivity index (χ3v) is 5.19. The molecule has 1 unspecified atom stereocenters. The molecule has 1 heterocycles. The zero-order valence-electron chi connectivity index (χ0n) is 13.2. The molecular weight excluding hydrogens is 274 g/mol. The highest BCUT2D eigenvalue weighted by molar-refractivity contribution is 7.89. The Morgan fingerprint density at radius 3 is 2.35 bits per heavy atom. The van der Waals surface area contributed by atoms with Crippen LogP contribution in [0.5, 0.6) is 0 Å². The van der Waals surface area contributed by atoms with E-state index in [1.807, 2.05) is 0 Å². The summed E-state index contributed by atoms with van der Waals surface area (Å²) in [5.74, 6) is 0.236. The Hall–Kier alpha value is -0.170. The predicted octanol–water partition coefficient (Wildman–Crippen LogP) is 1.17. The summed E-state index contributed by atoms with van der Waals surface area (Å²) in [5.41, 5.74) is 0. The van der Waals surface area contributed by atoms with Crippen molar-refractivity contribution in [1.82, 2.24) is 14.9 Å². The van der Waals surface area contributed by atoms with Gasteiger partial charge in [-0.15, -0.1) is 0 Å². The van der Waals surface area contributed by atoms with Gasteiger partial charge < -0.3 is 5.32 Å². The van der Waals surface area contributed by atoms with E-state index < -0.39 is 10.0 Å². The van der Waals surface area contributed by atoms with E-state index in [1.54, 1.807) is 0 Å². The summed E-state index contributed by atoms with van der Waals surface area (Å²) in [6, 6.07) is 0.765. The molecule has 2 N–H and O–H groups in total. The van der Waals surface area contributed by atoms with Gasteiger partial charge in [-0.3, -0.25) is 4.90 Å². The number of rotatable bonds is 10. The monoisotopic (exact) mass is 305 g/mol. The summed E-state index contributed by atoms with van der Waals surface area (Å²) in [4.78, 5) is 2.36. The van der Waals surface area contributed by atoms with Gasteiger partial charge >= 0.3 is 0 Å². The lowest BCUT2D eigenvalue weighted by molar-refractivity contribution is 0.260. The molecule has 0 bridgehead atoms. The number of nitrogens with zero attached hydrogens (tertiary/aromatic N) is 1. The van der Waals surface area contributed by atoms with Crippen molar-refractivity contribution in [2.75, 3.05) is 31.9 Å². The SMILES string of the molecule is CC(C)NCCCCS(=O)(=O)NCC(C)N1CCCC1. The molecule has 0 aromatic carbocycles. The Morgan fingerprint density at radius 2 is 1.75 bits per heavy atom. The van der Waals surface area contributed by atoms with Crippen LogP contribution in [0, 0.1) is 0 Å². The average molecular weight is 305 g/mol. The van der Waals surface area contributed by atoms with Crippen LogP contribution in [-0.4, -0.2) is 57.3 Å². The molecule has 0 radical (unpaired) electrons. The summed E-state index contributed by atoms with van der Waals surface area (Å²) in [6.07, 6.45) is 4.09. The fraction of sp³-hybridized carbons (Fsp3) is 1.00. The van der Waals surface area contributed by atoms with Gasteiger partial charge in [-0.25, -0.2) is 13.1 Å². The number of unbranched alkanes of at least 4 members (excludes halogenated alkanes) is 1. The maximum Gasteiger partial charge on any atom is 0.211 e. The van der Waals surface area contributed by atoms with Gasteiger partial charge in [-0.1, -0.05) is 13.8 Å². The minimum Gasteiger partial charge on any atom is -0.315 e. The fourth-order valence-corrected chi connectivity index (χ4v) is 3.66. The molecule has 6 heteroatoms. The van der Waals surface area contributed by atoms with Crippen LogP contribution in [-0.2, 0) is 10.0 Å². The molecule has 1 saturated heterocycles. The molecule has 5 nitrogen and oxygen atoms in total. The Kier molecular flexibility index (Phi) is 8.02. The van der Waals surface area contributed by atoms with Crippen molar-refractivity contribution in [2.24, 2.45) is 0 Å². The van der Waals surface area contributed by atoms with Gasteiger partial charge in [0.05, 0.1) is 5.75 Å². The van der Waals surface area contributed by atoms with E-state index in [0.29, 0.717) is 25.0 Å². The van der Waals surface area contributed by atoms with Crippen LogP contribution in [0.2, 0.25) is 0 Å². The van der Waals surface area contributed by atoms with Crippen LogP contribution in [0.1, 0.15) is 46.5 Å². The lowest BCUT2D eigenvalue weighted by Gasteiger charge is -2.23. The van der Waals surface area contributed by atoms with Crippen molar-refractivity contribution in [3.05, 3.63) is 0 Å². The molecule has 0 aliphatic carbocycles. The molecule has 1 fully saturated rings. The predicted molar refractivity (Wildman–Crippen MR) is 84.4 cm³/mol. The number of nitrogens with one attached hydrogen (secondary N) is 2. The van der Waals surface area contributed by atoms with Crippen molar-refractivity contribution in [3.63, 3.8) is 0 Å². The number of likely N-dealkylation sites (tertiary alicyclic amines) is 1. The number of hydrogen-bond acceptors (Lipinski definition) is 4. The molecule has 0 spiro atoms. The Labute approximate surface area is 124 Å². The minimum atomic E-state index is -3.11. The second-order valence-corrected chi connectivity index (χ2v) is 8.00. The van der Waals surface area contributed by atoms with Crippen molar-refractivity contribution < 1.29 is 8.42 Å². The van der Waals surface area contributed by atoms with Crippen molar-refractivity contribution >= 4 is 10.0 Å². The summed E-state index contributed by atoms with van der Waals surface area (Å²) >= 11 is 0. The number of hydrogen-bond donors (Lipinski definition) is 2. The quantitative estimate of drug-likeness (QED) is 0.595. The van der Waals surface area contributed by atoms with E-state index in [4.69, 9.17) is 0 Å². The van der Waals surface area contributed by atoms with Gasteiger partial charge in [-0.05, 0) is 52.2 Å². The Bertz CT molecular complexity index is 351. The van der Waals surface area contributed by atoms with Gasteiger partial charge in [0.25, 0.3) is 0 Å². The zero-order valence-corrected chi connectivity index (χ0v) is 14.0. The van der Waals surface area contributed by atoms with Crippen molar-refractivity contribution in [1.29, 1.82) is 0 Å². The van der Waals surface area contributed by atoms with E-state index in [0.717, 1.165) is 26.1 Å². The lowest BCUT2D eigenvalue weighted by atomic mass is 10.3. The first-order valence-corrected chi connectivity index (χ1v) is 9.51. The van der Waals surface area contributed by atoms with Gasteiger partial charge in [0.1, 0.15) is 0 Å². The topological polar surface area (TPSA) is 61.4 Å². The highest BCUT2D eigenvalue weighted by Gasteiger charge is 2.19. The van der Waals surface area contributed by atoms with E-state index in [1.165, 1.54) is 12.8 Å². The summed E-state index contributed by atoms with van der Waals surface area (Å²) in [6.45, 7) is 9.91. The smallest absolute Gasteiger partial charge is 0.211 e. The fourth-order valence-electron chi connectivity index (χ4n) is 2.44. The first-order valence-electron chi connectivity index (χ1n) is 7.85. The maximum absolute atomic E-state index is 11.9. The second-order valence-electron chi connectivity index (χ2n) is 6.08. The molecule has 20 heavy (non-hydrogen) atoms. The second kappa shape index (κ2) is 8.97. The molecule has 1 aliphatic heterocycles. The molecule has 1 rings (SSSR count). The van der Waals surface area contributed by atoms with E-state index in [9.17, 15) is 8.42 Å². The third kappa shape index (κ3) is 7.57. The van der Waals surface area contributed by atoms with Crippen LogP contribution in [0.4, 0.5) is 0 Å². The molecule has 0 aromatic rings.